The first-order chi connectivity index (χ1) is 29.9. The van der Waals surface area contributed by atoms with E-state index in [0.717, 1.165) is 43.4 Å². The van der Waals surface area contributed by atoms with Crippen LogP contribution in [0.4, 0.5) is 26.3 Å². The molecule has 0 radical (unpaired) electrons. The molecule has 9 aliphatic carbocycles. The summed E-state index contributed by atoms with van der Waals surface area (Å²) in [6.07, 6.45) is 2.07. The Morgan fingerprint density at radius 3 is 1.51 bits per heavy atom. The number of rotatable bonds is 8. The maximum atomic E-state index is 15.0. The van der Waals surface area contributed by atoms with Crippen LogP contribution in [-0.4, -0.2) is 83.3 Å². The standard InChI is InChI=1S/C49H68F6N2O6/c1-26-3-5-30(6-4-26)47(48(50,51)52,49(53,54)55)31-7-9-32(10-8-31)57-44(60)37-15-12-34(21-39(37)45(57)61)63-41-16-13-35(62-33-11-14-36-38(20-33)43(59)56(2)42(36)58)22-40(41)46-23-27-17-28(24-46)19-29(18-27)25-46/h26-41H,3-25H2,1-2H3. The van der Waals surface area contributed by atoms with Gasteiger partial charge in [0.1, 0.15) is 0 Å². The third-order valence-electron chi connectivity index (χ3n) is 19.7. The van der Waals surface area contributed by atoms with E-state index in [1.807, 2.05) is 6.92 Å². The number of carbonyl (C=O) groups excluding carboxylic acids is 4. The van der Waals surface area contributed by atoms with E-state index in [1.54, 1.807) is 7.05 Å². The number of hydrogen-bond donors (Lipinski definition) is 0. The summed E-state index contributed by atoms with van der Waals surface area (Å²) in [5.41, 5.74) is -3.62. The highest BCUT2D eigenvalue weighted by atomic mass is 19.4. The smallest absolute Gasteiger partial charge is 0.375 e. The van der Waals surface area contributed by atoms with Gasteiger partial charge in [0.05, 0.1) is 48.1 Å². The minimum atomic E-state index is -5.46. The Morgan fingerprint density at radius 2 is 0.952 bits per heavy atom. The van der Waals surface area contributed by atoms with E-state index in [9.17, 15) is 45.5 Å². The average Bonchev–Trinajstić information content (AvgIpc) is 3.60. The number of fused-ring (bicyclic) bond motifs is 2. The summed E-state index contributed by atoms with van der Waals surface area (Å²) >= 11 is 0. The van der Waals surface area contributed by atoms with Gasteiger partial charge in [0.15, 0.2) is 5.41 Å². The Kier molecular flexibility index (Phi) is 11.5. The van der Waals surface area contributed by atoms with E-state index >= 15 is 0 Å². The van der Waals surface area contributed by atoms with Crippen molar-refractivity contribution in [2.24, 2.45) is 75.9 Å². The largest absolute Gasteiger partial charge is 0.403 e. The van der Waals surface area contributed by atoms with Crippen molar-refractivity contribution >= 4 is 23.6 Å². The predicted octanol–water partition coefficient (Wildman–Crippen LogP) is 10.2. The molecule has 8 nitrogen and oxygen atoms in total. The minimum absolute atomic E-state index is 0.0189. The van der Waals surface area contributed by atoms with Crippen LogP contribution >= 0.6 is 0 Å². The Morgan fingerprint density at radius 1 is 0.508 bits per heavy atom. The number of carbonyl (C=O) groups is 4. The van der Waals surface area contributed by atoms with Gasteiger partial charge in [0.25, 0.3) is 0 Å². The molecule has 11 aliphatic rings. The number of likely N-dealkylation sites (tertiary alicyclic amines) is 2. The lowest BCUT2D eigenvalue weighted by Gasteiger charge is -2.62. The molecule has 0 aromatic heterocycles. The van der Waals surface area contributed by atoms with Crippen molar-refractivity contribution in [2.45, 2.75) is 197 Å². The second-order valence-electron chi connectivity index (χ2n) is 23.0. The van der Waals surface area contributed by atoms with E-state index in [1.165, 1.54) is 48.3 Å². The van der Waals surface area contributed by atoms with Gasteiger partial charge in [-0.1, -0.05) is 19.8 Å². The Hall–Kier alpha value is -2.22. The molecule has 4 bridgehead atoms. The van der Waals surface area contributed by atoms with Gasteiger partial charge >= 0.3 is 12.4 Å². The lowest BCUT2D eigenvalue weighted by molar-refractivity contribution is -0.382. The van der Waals surface area contributed by atoms with Crippen LogP contribution in [0, 0.1) is 75.9 Å². The normalized spacial score (nSPS) is 45.8. The van der Waals surface area contributed by atoms with Crippen molar-refractivity contribution in [1.29, 1.82) is 0 Å². The van der Waals surface area contributed by atoms with Gasteiger partial charge in [-0.3, -0.25) is 29.0 Å². The average molecular weight is 895 g/mol. The summed E-state index contributed by atoms with van der Waals surface area (Å²) in [7, 11) is 1.58. The van der Waals surface area contributed by atoms with Gasteiger partial charge in [-0.15, -0.1) is 0 Å². The fourth-order valence-corrected chi connectivity index (χ4v) is 17.2. The van der Waals surface area contributed by atoms with Crippen LogP contribution in [0.15, 0.2) is 0 Å². The number of ether oxygens (including phenoxy) is 2. The fourth-order valence-electron chi connectivity index (χ4n) is 17.2. The number of amides is 4. The molecule has 9 atom stereocenters. The van der Waals surface area contributed by atoms with Crippen LogP contribution in [0.25, 0.3) is 0 Å². The van der Waals surface area contributed by atoms with Crippen LogP contribution in [0.3, 0.4) is 0 Å². The molecule has 11 fully saturated rings. The van der Waals surface area contributed by atoms with Crippen molar-refractivity contribution in [3.8, 4) is 0 Å². The van der Waals surface area contributed by atoms with Crippen molar-refractivity contribution in [3.05, 3.63) is 0 Å². The third kappa shape index (κ3) is 7.44. The van der Waals surface area contributed by atoms with Crippen LogP contribution in [0.1, 0.15) is 155 Å². The highest BCUT2D eigenvalue weighted by Gasteiger charge is 2.76. The molecule has 2 saturated heterocycles. The van der Waals surface area contributed by atoms with Crippen molar-refractivity contribution in [2.75, 3.05) is 7.05 Å². The highest BCUT2D eigenvalue weighted by Crippen LogP contribution is 2.67. The first kappa shape index (κ1) is 44.6. The van der Waals surface area contributed by atoms with Gasteiger partial charge in [-0.2, -0.15) is 26.3 Å². The number of imide groups is 2. The highest BCUT2D eigenvalue weighted by molar-refractivity contribution is 6.06. The van der Waals surface area contributed by atoms with E-state index in [-0.39, 0.29) is 116 Å². The molecule has 2 heterocycles. The Balaban J connectivity index is 0.809. The molecule has 352 valence electrons. The molecule has 9 unspecified atom stereocenters. The second kappa shape index (κ2) is 16.2. The molecule has 0 aromatic carbocycles. The molecule has 0 spiro atoms. The predicted molar refractivity (Wildman–Crippen MR) is 218 cm³/mol. The monoisotopic (exact) mass is 894 g/mol. The number of hydrogen-bond acceptors (Lipinski definition) is 6. The van der Waals surface area contributed by atoms with Gasteiger partial charge in [-0.05, 0) is 182 Å². The lowest BCUT2D eigenvalue weighted by atomic mass is 9.45. The SMILES string of the molecule is CC1CCC(C(C2CCC(N3C(=O)C4CCC(OC5CCC(OC6CCC7C(=O)N(C)C(=O)C7C6)CC5C56CC7CC(CC(C7)C5)C6)CC4C3=O)CC2)(C(F)(F)F)C(F)(F)F)CC1. The van der Waals surface area contributed by atoms with Gasteiger partial charge in [-0.25, -0.2) is 0 Å². The van der Waals surface area contributed by atoms with E-state index in [0.29, 0.717) is 44.9 Å². The molecule has 63 heavy (non-hydrogen) atoms. The summed E-state index contributed by atoms with van der Waals surface area (Å²) in [5, 5.41) is 0. The zero-order chi connectivity index (χ0) is 44.4. The minimum Gasteiger partial charge on any atom is -0.375 e. The molecule has 0 N–H and O–H groups in total. The number of alkyl halides is 6. The van der Waals surface area contributed by atoms with Gasteiger partial charge in [0.2, 0.25) is 23.6 Å². The summed E-state index contributed by atoms with van der Waals surface area (Å²) < 4.78 is 104. The van der Waals surface area contributed by atoms with Crippen LogP contribution < -0.4 is 0 Å². The summed E-state index contributed by atoms with van der Waals surface area (Å²) in [4.78, 5) is 56.4. The zero-order valence-electron chi connectivity index (χ0n) is 37.1. The quantitative estimate of drug-likeness (QED) is 0.178. The summed E-state index contributed by atoms with van der Waals surface area (Å²) in [5.74, 6) is -3.07. The van der Waals surface area contributed by atoms with Crippen LogP contribution in [-0.2, 0) is 28.7 Å². The molecule has 4 amide bonds. The fraction of sp³-hybridized carbons (Fsp3) is 0.918. The second-order valence-corrected chi connectivity index (χ2v) is 23.0. The van der Waals surface area contributed by atoms with Gasteiger partial charge < -0.3 is 9.47 Å². The first-order valence-corrected chi connectivity index (χ1v) is 25.0. The number of halogens is 6. The molecule has 14 heteroatoms. The maximum Gasteiger partial charge on any atom is 0.403 e. The molecule has 0 aromatic rings. The molecule has 9 saturated carbocycles. The zero-order valence-corrected chi connectivity index (χ0v) is 37.1. The van der Waals surface area contributed by atoms with Crippen molar-refractivity contribution in [3.63, 3.8) is 0 Å². The van der Waals surface area contributed by atoms with E-state index < -0.39 is 47.5 Å². The summed E-state index contributed by atoms with van der Waals surface area (Å²) in [6, 6.07) is -0.698. The van der Waals surface area contributed by atoms with E-state index in [4.69, 9.17) is 9.47 Å². The molecule has 2 aliphatic heterocycles. The number of nitrogens with zero attached hydrogens (tertiary/aromatic N) is 2. The molecule has 11 rings (SSSR count). The Bertz CT molecular complexity index is 1740. The van der Waals surface area contributed by atoms with E-state index in [2.05, 4.69) is 0 Å². The lowest BCUT2D eigenvalue weighted by Crippen LogP contribution is -2.61. The maximum absolute atomic E-state index is 15.0. The van der Waals surface area contributed by atoms with Gasteiger partial charge in [0, 0.05) is 13.1 Å². The van der Waals surface area contributed by atoms with Crippen LogP contribution in [0.2, 0.25) is 0 Å². The summed E-state index contributed by atoms with van der Waals surface area (Å²) in [6.45, 7) is 1.88. The topological polar surface area (TPSA) is 93.2 Å². The third-order valence-corrected chi connectivity index (χ3v) is 19.7. The first-order valence-electron chi connectivity index (χ1n) is 25.0. The van der Waals surface area contributed by atoms with Crippen molar-refractivity contribution < 1.29 is 55.0 Å². The van der Waals surface area contributed by atoms with Crippen molar-refractivity contribution in [1.82, 2.24) is 9.80 Å². The van der Waals surface area contributed by atoms with Crippen LogP contribution in [0.5, 0.6) is 0 Å². The molecular formula is C49H68F6N2O6. The Labute approximate surface area is 368 Å². The molecular weight excluding hydrogens is 827 g/mol.